The first-order valence-electron chi connectivity index (χ1n) is 6.78. The van der Waals surface area contributed by atoms with E-state index in [-0.39, 0.29) is 12.2 Å². The van der Waals surface area contributed by atoms with E-state index in [0.29, 0.717) is 10.6 Å². The number of rotatable bonds is 3. The predicted molar refractivity (Wildman–Crippen MR) is 86.0 cm³/mol. The van der Waals surface area contributed by atoms with Gasteiger partial charge in [0.15, 0.2) is 5.78 Å². The number of halogens is 1. The molecule has 0 spiro atoms. The Balaban J connectivity index is 1.91. The number of nitrogens with zero attached hydrogens (tertiary/aromatic N) is 1. The van der Waals surface area contributed by atoms with Crippen molar-refractivity contribution in [3.8, 4) is 0 Å². The minimum Gasteiger partial charge on any atom is -0.294 e. The van der Waals surface area contributed by atoms with Crippen molar-refractivity contribution >= 4 is 28.3 Å². The first kappa shape index (κ1) is 13.8. The van der Waals surface area contributed by atoms with Crippen molar-refractivity contribution in [2.24, 2.45) is 0 Å². The number of aryl methyl sites for hydroxylation is 1. The minimum absolute atomic E-state index is 0.00789. The van der Waals surface area contributed by atoms with E-state index in [4.69, 9.17) is 11.6 Å². The van der Waals surface area contributed by atoms with Crippen molar-refractivity contribution < 1.29 is 4.79 Å². The highest BCUT2D eigenvalue weighted by Gasteiger charge is 2.13. The summed E-state index contributed by atoms with van der Waals surface area (Å²) in [5.41, 5.74) is 3.13. The van der Waals surface area contributed by atoms with Gasteiger partial charge in [-0.2, -0.15) is 0 Å². The van der Waals surface area contributed by atoms with Crippen LogP contribution in [0.3, 0.4) is 0 Å². The molecule has 0 unspecified atom stereocenters. The van der Waals surface area contributed by atoms with Gasteiger partial charge in [-0.1, -0.05) is 48.0 Å². The van der Waals surface area contributed by atoms with Gasteiger partial charge in [0, 0.05) is 16.6 Å². The molecule has 0 aliphatic heterocycles. The number of Topliss-reactive ketones (excluding diaryl/α,β-unsaturated/α-hetero) is 1. The van der Waals surface area contributed by atoms with E-state index in [9.17, 15) is 4.79 Å². The fourth-order valence-corrected chi connectivity index (χ4v) is 2.56. The highest BCUT2D eigenvalue weighted by Crippen LogP contribution is 2.22. The highest BCUT2D eigenvalue weighted by molar-refractivity contribution is 6.34. The Kier molecular flexibility index (Phi) is 3.72. The van der Waals surface area contributed by atoms with Gasteiger partial charge in [0.05, 0.1) is 17.0 Å². The molecule has 2 nitrogen and oxygen atoms in total. The maximum Gasteiger partial charge on any atom is 0.170 e. The van der Waals surface area contributed by atoms with Crippen molar-refractivity contribution in [3.05, 3.63) is 76.4 Å². The van der Waals surface area contributed by atoms with Gasteiger partial charge in [0.2, 0.25) is 0 Å². The molecule has 0 atom stereocenters. The fraction of sp³-hybridized carbons (Fsp3) is 0.111. The summed E-state index contributed by atoms with van der Waals surface area (Å²) >= 11 is 6.21. The van der Waals surface area contributed by atoms with Gasteiger partial charge in [-0.25, -0.2) is 0 Å². The third kappa shape index (κ3) is 2.81. The molecule has 0 fully saturated rings. The number of pyridine rings is 1. The third-order valence-corrected chi connectivity index (χ3v) is 3.99. The number of para-hydroxylation sites is 1. The van der Waals surface area contributed by atoms with E-state index in [0.717, 1.165) is 22.2 Å². The maximum atomic E-state index is 12.4. The first-order valence-corrected chi connectivity index (χ1v) is 7.16. The van der Waals surface area contributed by atoms with Crippen molar-refractivity contribution in [1.29, 1.82) is 0 Å². The number of benzene rings is 2. The monoisotopic (exact) mass is 295 g/mol. The molecule has 1 heterocycles. The Hall–Kier alpha value is -2.19. The van der Waals surface area contributed by atoms with Crippen LogP contribution in [0.2, 0.25) is 5.02 Å². The van der Waals surface area contributed by atoms with Crippen molar-refractivity contribution in [2.75, 3.05) is 0 Å². The zero-order chi connectivity index (χ0) is 14.8. The topological polar surface area (TPSA) is 30.0 Å². The first-order chi connectivity index (χ1) is 10.1. The van der Waals surface area contributed by atoms with E-state index in [2.05, 4.69) is 4.98 Å². The predicted octanol–water partition coefficient (Wildman–Crippen LogP) is 4.62. The number of fused-ring (bicyclic) bond motifs is 1. The Morgan fingerprint density at radius 2 is 1.86 bits per heavy atom. The quantitative estimate of drug-likeness (QED) is 0.660. The molecule has 0 N–H and O–H groups in total. The Morgan fingerprint density at radius 1 is 1.05 bits per heavy atom. The zero-order valence-electron chi connectivity index (χ0n) is 11.6. The van der Waals surface area contributed by atoms with Gasteiger partial charge in [0.25, 0.3) is 0 Å². The third-order valence-electron chi connectivity index (χ3n) is 3.49. The van der Waals surface area contributed by atoms with Gasteiger partial charge in [0.1, 0.15) is 0 Å². The van der Waals surface area contributed by atoms with E-state index in [1.807, 2.05) is 55.5 Å². The number of aromatic nitrogens is 1. The summed E-state index contributed by atoms with van der Waals surface area (Å²) in [5, 5.41) is 1.60. The minimum atomic E-state index is -0.00789. The van der Waals surface area contributed by atoms with Crippen LogP contribution in [0, 0.1) is 6.92 Å². The van der Waals surface area contributed by atoms with Crippen LogP contribution in [0.1, 0.15) is 21.6 Å². The van der Waals surface area contributed by atoms with Crippen molar-refractivity contribution in [3.63, 3.8) is 0 Å². The van der Waals surface area contributed by atoms with Gasteiger partial charge < -0.3 is 0 Å². The van der Waals surface area contributed by atoms with Gasteiger partial charge in [-0.05, 0) is 30.7 Å². The zero-order valence-corrected chi connectivity index (χ0v) is 12.4. The molecule has 0 aliphatic carbocycles. The molecule has 0 amide bonds. The van der Waals surface area contributed by atoms with Crippen LogP contribution in [-0.4, -0.2) is 10.8 Å². The van der Waals surface area contributed by atoms with Crippen LogP contribution in [0.15, 0.2) is 54.6 Å². The van der Waals surface area contributed by atoms with E-state index >= 15 is 0 Å². The molecule has 0 radical (unpaired) electrons. The summed E-state index contributed by atoms with van der Waals surface area (Å²) in [6.07, 6.45) is 0.258. The molecule has 3 rings (SSSR count). The Morgan fingerprint density at radius 3 is 2.71 bits per heavy atom. The van der Waals surface area contributed by atoms with Crippen molar-refractivity contribution in [2.45, 2.75) is 13.3 Å². The van der Waals surface area contributed by atoms with E-state index < -0.39 is 0 Å². The molecular weight excluding hydrogens is 282 g/mol. The standard InChI is InChI=1S/C18H14ClNO/c1-12-5-4-7-15(18(12)19)17(21)11-14-10-9-13-6-2-3-8-16(13)20-14/h2-10H,11H2,1H3. The summed E-state index contributed by atoms with van der Waals surface area (Å²) in [6, 6.07) is 17.3. The number of hydrogen-bond acceptors (Lipinski definition) is 2. The average molecular weight is 296 g/mol. The molecule has 3 heteroatoms. The molecule has 0 saturated heterocycles. The second-order valence-corrected chi connectivity index (χ2v) is 5.41. The van der Waals surface area contributed by atoms with Crippen LogP contribution in [-0.2, 0) is 6.42 Å². The summed E-state index contributed by atoms with van der Waals surface area (Å²) in [4.78, 5) is 16.9. The lowest BCUT2D eigenvalue weighted by Gasteiger charge is -2.06. The lowest BCUT2D eigenvalue weighted by Crippen LogP contribution is -2.06. The number of carbonyl (C=O) groups excluding carboxylic acids is 1. The molecule has 21 heavy (non-hydrogen) atoms. The second kappa shape index (κ2) is 5.66. The van der Waals surface area contributed by atoms with E-state index in [1.165, 1.54) is 0 Å². The summed E-state index contributed by atoms with van der Waals surface area (Å²) in [6.45, 7) is 1.90. The number of ketones is 1. The van der Waals surface area contributed by atoms with Crippen molar-refractivity contribution in [1.82, 2.24) is 4.98 Å². The molecule has 1 aromatic heterocycles. The number of carbonyl (C=O) groups is 1. The maximum absolute atomic E-state index is 12.4. The smallest absolute Gasteiger partial charge is 0.170 e. The van der Waals surface area contributed by atoms with Crippen LogP contribution in [0.4, 0.5) is 0 Å². The molecular formula is C18H14ClNO. The molecule has 3 aromatic rings. The molecule has 0 saturated carbocycles. The molecule has 0 bridgehead atoms. The lowest BCUT2D eigenvalue weighted by molar-refractivity contribution is 0.0992. The van der Waals surface area contributed by atoms with E-state index in [1.54, 1.807) is 6.07 Å². The Bertz CT molecular complexity index is 826. The van der Waals surface area contributed by atoms with Gasteiger partial charge in [-0.15, -0.1) is 0 Å². The fourth-order valence-electron chi connectivity index (χ4n) is 2.33. The van der Waals surface area contributed by atoms with Crippen LogP contribution in [0.25, 0.3) is 10.9 Å². The summed E-state index contributed by atoms with van der Waals surface area (Å²) in [7, 11) is 0. The van der Waals surface area contributed by atoms with Gasteiger partial charge >= 0.3 is 0 Å². The summed E-state index contributed by atoms with van der Waals surface area (Å²) < 4.78 is 0. The summed E-state index contributed by atoms with van der Waals surface area (Å²) in [5.74, 6) is -0.00789. The molecule has 0 aliphatic rings. The van der Waals surface area contributed by atoms with Gasteiger partial charge in [-0.3, -0.25) is 9.78 Å². The SMILES string of the molecule is Cc1cccc(C(=O)Cc2ccc3ccccc3n2)c1Cl. The van der Waals surface area contributed by atoms with Crippen LogP contribution < -0.4 is 0 Å². The number of hydrogen-bond donors (Lipinski definition) is 0. The Labute approximate surface area is 128 Å². The normalized spacial score (nSPS) is 10.8. The average Bonchev–Trinajstić information content (AvgIpc) is 2.50. The van der Waals surface area contributed by atoms with Crippen LogP contribution in [0.5, 0.6) is 0 Å². The molecule has 104 valence electrons. The molecule has 2 aromatic carbocycles. The largest absolute Gasteiger partial charge is 0.294 e. The lowest BCUT2D eigenvalue weighted by atomic mass is 10.0. The second-order valence-electron chi connectivity index (χ2n) is 5.03. The highest BCUT2D eigenvalue weighted by atomic mass is 35.5. The van der Waals surface area contributed by atoms with Crippen LogP contribution >= 0.6 is 11.6 Å².